The van der Waals surface area contributed by atoms with Gasteiger partial charge in [0.15, 0.2) is 15.0 Å². The van der Waals surface area contributed by atoms with Crippen LogP contribution in [0.4, 0.5) is 5.13 Å². The number of fused-ring (bicyclic) bond motifs is 1. The van der Waals surface area contributed by atoms with E-state index in [0.29, 0.717) is 41.7 Å². The van der Waals surface area contributed by atoms with Crippen molar-refractivity contribution >= 4 is 54.0 Å². The Morgan fingerprint density at radius 1 is 1.11 bits per heavy atom. The van der Waals surface area contributed by atoms with Crippen molar-refractivity contribution in [1.29, 1.82) is 0 Å². The second-order valence-corrected chi connectivity index (χ2v) is 10.1. The van der Waals surface area contributed by atoms with Gasteiger partial charge < -0.3 is 9.80 Å². The normalized spacial score (nSPS) is 15.2. The number of hydrogen-bond acceptors (Lipinski definition) is 6. The Morgan fingerprint density at radius 3 is 2.54 bits per heavy atom. The summed E-state index contributed by atoms with van der Waals surface area (Å²) in [5.74, 6) is -0.0238. The van der Waals surface area contributed by atoms with Gasteiger partial charge in [-0.25, -0.2) is 13.4 Å². The number of thiazole rings is 1. The Balaban J connectivity index is 1.48. The fourth-order valence-corrected chi connectivity index (χ4v) is 5.13. The predicted octanol–water partition coefficient (Wildman–Crippen LogP) is 3.32. The summed E-state index contributed by atoms with van der Waals surface area (Å²) in [5, 5.41) is 1.39. The van der Waals surface area contributed by atoms with Crippen molar-refractivity contribution in [1.82, 2.24) is 9.88 Å². The van der Waals surface area contributed by atoms with Crippen LogP contribution in [0.25, 0.3) is 10.2 Å². The molecule has 2 aromatic carbocycles. The molecule has 1 aliphatic heterocycles. The summed E-state index contributed by atoms with van der Waals surface area (Å²) in [7, 11) is -3.24. The van der Waals surface area contributed by atoms with Gasteiger partial charge in [0.1, 0.15) is 0 Å². The molecule has 0 unspecified atom stereocenters. The quantitative estimate of drug-likeness (QED) is 0.631. The first-order valence-electron chi connectivity index (χ1n) is 8.72. The highest BCUT2D eigenvalue weighted by atomic mass is 35.5. The molecule has 4 rings (SSSR count). The van der Waals surface area contributed by atoms with Crippen molar-refractivity contribution in [3.63, 3.8) is 0 Å². The van der Waals surface area contributed by atoms with Crippen molar-refractivity contribution in [3.05, 3.63) is 53.1 Å². The van der Waals surface area contributed by atoms with Gasteiger partial charge in [0.25, 0.3) is 5.91 Å². The zero-order valence-electron chi connectivity index (χ0n) is 15.1. The summed E-state index contributed by atoms with van der Waals surface area (Å²) in [6, 6.07) is 12.0. The van der Waals surface area contributed by atoms with E-state index in [2.05, 4.69) is 9.88 Å². The minimum absolute atomic E-state index is 0.0238. The molecule has 0 spiro atoms. The number of halogens is 1. The third-order valence-corrected chi connectivity index (χ3v) is 7.11. The number of piperazine rings is 1. The summed E-state index contributed by atoms with van der Waals surface area (Å²) >= 11 is 7.46. The molecule has 0 saturated carbocycles. The van der Waals surface area contributed by atoms with Crippen LogP contribution in [0.15, 0.2) is 47.4 Å². The Bertz CT molecular complexity index is 1150. The van der Waals surface area contributed by atoms with Crippen LogP contribution in [0.1, 0.15) is 10.4 Å². The smallest absolute Gasteiger partial charge is 0.254 e. The van der Waals surface area contributed by atoms with E-state index in [1.165, 1.54) is 17.6 Å². The van der Waals surface area contributed by atoms with E-state index < -0.39 is 9.84 Å². The van der Waals surface area contributed by atoms with Crippen LogP contribution in [-0.4, -0.2) is 56.6 Å². The molecular formula is C19H18ClN3O3S2. The molecule has 1 aromatic heterocycles. The van der Waals surface area contributed by atoms with Crippen LogP contribution in [0, 0.1) is 0 Å². The van der Waals surface area contributed by atoms with Crippen LogP contribution in [0.3, 0.4) is 0 Å². The van der Waals surface area contributed by atoms with Gasteiger partial charge in [-0.15, -0.1) is 0 Å². The van der Waals surface area contributed by atoms with E-state index in [0.717, 1.165) is 15.3 Å². The summed E-state index contributed by atoms with van der Waals surface area (Å²) in [6.07, 6.45) is 1.20. The van der Waals surface area contributed by atoms with Crippen molar-refractivity contribution in [3.8, 4) is 0 Å². The van der Waals surface area contributed by atoms with Gasteiger partial charge in [0.05, 0.1) is 15.1 Å². The van der Waals surface area contributed by atoms with E-state index in [-0.39, 0.29) is 5.91 Å². The van der Waals surface area contributed by atoms with Crippen LogP contribution >= 0.6 is 22.9 Å². The zero-order valence-corrected chi connectivity index (χ0v) is 17.5. The maximum absolute atomic E-state index is 12.6. The van der Waals surface area contributed by atoms with Gasteiger partial charge in [-0.3, -0.25) is 4.79 Å². The zero-order chi connectivity index (χ0) is 19.9. The van der Waals surface area contributed by atoms with E-state index in [4.69, 9.17) is 11.6 Å². The van der Waals surface area contributed by atoms with E-state index in [1.807, 2.05) is 4.90 Å². The second kappa shape index (κ2) is 7.35. The largest absolute Gasteiger partial charge is 0.345 e. The molecule has 9 heteroatoms. The number of carbonyl (C=O) groups excluding carboxylic acids is 1. The Kier molecular flexibility index (Phi) is 5.03. The highest BCUT2D eigenvalue weighted by molar-refractivity contribution is 7.90. The first kappa shape index (κ1) is 19.2. The average molecular weight is 436 g/mol. The van der Waals surface area contributed by atoms with Crippen molar-refractivity contribution in [2.24, 2.45) is 0 Å². The number of nitrogens with zero attached hydrogens (tertiary/aromatic N) is 3. The Labute approximate surface area is 172 Å². The lowest BCUT2D eigenvalue weighted by Crippen LogP contribution is -2.48. The number of hydrogen-bond donors (Lipinski definition) is 0. The van der Waals surface area contributed by atoms with Crippen LogP contribution in [-0.2, 0) is 9.84 Å². The Morgan fingerprint density at radius 2 is 1.86 bits per heavy atom. The summed E-state index contributed by atoms with van der Waals surface area (Å²) in [5.41, 5.74) is 1.37. The van der Waals surface area contributed by atoms with Gasteiger partial charge in [0, 0.05) is 43.0 Å². The van der Waals surface area contributed by atoms with Crippen LogP contribution < -0.4 is 4.90 Å². The number of rotatable bonds is 3. The molecule has 3 aromatic rings. The number of amides is 1. The molecule has 1 aliphatic rings. The molecule has 146 valence electrons. The fourth-order valence-electron chi connectivity index (χ4n) is 3.16. The highest BCUT2D eigenvalue weighted by Gasteiger charge is 2.24. The first-order chi connectivity index (χ1) is 13.3. The van der Waals surface area contributed by atoms with E-state index >= 15 is 0 Å². The van der Waals surface area contributed by atoms with Crippen LogP contribution in [0.5, 0.6) is 0 Å². The molecule has 1 amide bonds. The molecule has 28 heavy (non-hydrogen) atoms. The van der Waals surface area contributed by atoms with Crippen molar-refractivity contribution < 1.29 is 13.2 Å². The lowest BCUT2D eigenvalue weighted by molar-refractivity contribution is 0.0747. The number of benzene rings is 2. The summed E-state index contributed by atoms with van der Waals surface area (Å²) < 4.78 is 24.3. The van der Waals surface area contributed by atoms with Gasteiger partial charge >= 0.3 is 0 Å². The van der Waals surface area contributed by atoms with Crippen molar-refractivity contribution in [2.45, 2.75) is 4.90 Å². The SMILES string of the molecule is CS(=O)(=O)c1ccc2nc(N3CCN(C(=O)c4cccc(Cl)c4)CC3)sc2c1. The van der Waals surface area contributed by atoms with E-state index in [9.17, 15) is 13.2 Å². The second-order valence-electron chi connectivity index (χ2n) is 6.69. The monoisotopic (exact) mass is 435 g/mol. The molecular weight excluding hydrogens is 418 g/mol. The average Bonchev–Trinajstić information content (AvgIpc) is 3.10. The molecule has 0 aliphatic carbocycles. The van der Waals surface area contributed by atoms with Crippen LogP contribution in [0.2, 0.25) is 5.02 Å². The number of anilines is 1. The molecule has 0 radical (unpaired) electrons. The molecule has 2 heterocycles. The minimum atomic E-state index is -3.24. The van der Waals surface area contributed by atoms with E-state index in [1.54, 1.807) is 42.5 Å². The lowest BCUT2D eigenvalue weighted by Gasteiger charge is -2.34. The van der Waals surface area contributed by atoms with Crippen molar-refractivity contribution in [2.75, 3.05) is 37.3 Å². The van der Waals surface area contributed by atoms with Gasteiger partial charge in [-0.2, -0.15) is 0 Å². The molecule has 0 bridgehead atoms. The third kappa shape index (κ3) is 3.85. The van der Waals surface area contributed by atoms with Gasteiger partial charge in [0.2, 0.25) is 0 Å². The molecule has 0 N–H and O–H groups in total. The highest BCUT2D eigenvalue weighted by Crippen LogP contribution is 2.31. The first-order valence-corrected chi connectivity index (χ1v) is 11.8. The molecule has 6 nitrogen and oxygen atoms in total. The van der Waals surface area contributed by atoms with Gasteiger partial charge in [-0.1, -0.05) is 29.0 Å². The standard InChI is InChI=1S/C19H18ClN3O3S2/c1-28(25,26)15-5-6-16-17(12-15)27-19(21-16)23-9-7-22(8-10-23)18(24)13-3-2-4-14(20)11-13/h2-6,11-12H,7-10H2,1H3. The Hall–Kier alpha value is -2.16. The third-order valence-electron chi connectivity index (χ3n) is 4.69. The molecule has 0 atom stereocenters. The maximum Gasteiger partial charge on any atom is 0.254 e. The predicted molar refractivity (Wildman–Crippen MR) is 112 cm³/mol. The number of sulfone groups is 1. The maximum atomic E-state index is 12.6. The fraction of sp³-hybridized carbons (Fsp3) is 0.263. The molecule has 1 fully saturated rings. The lowest BCUT2D eigenvalue weighted by atomic mass is 10.2. The number of aromatic nitrogens is 1. The summed E-state index contributed by atoms with van der Waals surface area (Å²) in [6.45, 7) is 2.53. The van der Waals surface area contributed by atoms with Gasteiger partial charge in [-0.05, 0) is 36.4 Å². The molecule has 1 saturated heterocycles. The topological polar surface area (TPSA) is 70.6 Å². The minimum Gasteiger partial charge on any atom is -0.345 e. The number of carbonyl (C=O) groups is 1. The summed E-state index contributed by atoms with van der Waals surface area (Å²) in [4.78, 5) is 21.5.